The van der Waals surface area contributed by atoms with E-state index in [4.69, 9.17) is 4.74 Å². The van der Waals surface area contributed by atoms with Crippen molar-refractivity contribution in [2.24, 2.45) is 0 Å². The summed E-state index contributed by atoms with van der Waals surface area (Å²) in [7, 11) is 0. The first-order valence-corrected chi connectivity index (χ1v) is 9.70. The van der Waals surface area contributed by atoms with Crippen molar-refractivity contribution in [1.82, 2.24) is 0 Å². The van der Waals surface area contributed by atoms with E-state index >= 15 is 0 Å². The van der Waals surface area contributed by atoms with E-state index in [1.54, 1.807) is 43.3 Å². The van der Waals surface area contributed by atoms with E-state index in [0.29, 0.717) is 22.7 Å². The van der Waals surface area contributed by atoms with E-state index in [1.807, 2.05) is 12.1 Å². The molecule has 0 unspecified atom stereocenters. The number of aliphatic hydroxyl groups is 1. The molecule has 1 atom stereocenters. The summed E-state index contributed by atoms with van der Waals surface area (Å²) in [5.74, 6) is -1.28. The summed E-state index contributed by atoms with van der Waals surface area (Å²) in [5.41, 5.74) is 0.245. The lowest BCUT2D eigenvalue weighted by atomic mass is 9.87. The monoisotopic (exact) mass is 395 g/mol. The summed E-state index contributed by atoms with van der Waals surface area (Å²) in [5, 5.41) is 11.2. The Kier molecular flexibility index (Phi) is 5.84. The molecule has 6 nitrogen and oxygen atoms in total. The van der Waals surface area contributed by atoms with Crippen molar-refractivity contribution in [3.63, 3.8) is 0 Å². The summed E-state index contributed by atoms with van der Waals surface area (Å²) < 4.78 is 4.93. The van der Waals surface area contributed by atoms with Crippen LogP contribution in [0.2, 0.25) is 0 Å². The molecule has 0 saturated carbocycles. The maximum absolute atomic E-state index is 13.1. The van der Waals surface area contributed by atoms with Crippen LogP contribution in [0.3, 0.4) is 0 Å². The number of ether oxygens (including phenoxy) is 1. The fourth-order valence-corrected chi connectivity index (χ4v) is 3.56. The number of amides is 1. The van der Waals surface area contributed by atoms with Gasteiger partial charge >= 0.3 is 5.97 Å². The molecule has 0 aliphatic carbocycles. The Morgan fingerprint density at radius 1 is 1.10 bits per heavy atom. The predicted octanol–water partition coefficient (Wildman–Crippen LogP) is 3.18. The molecule has 1 aliphatic heterocycles. The van der Waals surface area contributed by atoms with Crippen LogP contribution in [0.15, 0.2) is 48.5 Å². The van der Waals surface area contributed by atoms with Crippen LogP contribution in [0.5, 0.6) is 0 Å². The zero-order valence-electron chi connectivity index (χ0n) is 16.8. The Labute approximate surface area is 170 Å². The number of para-hydroxylation sites is 1. The third-order valence-electron chi connectivity index (χ3n) is 5.15. The molecule has 1 N–H and O–H groups in total. The summed E-state index contributed by atoms with van der Waals surface area (Å²) in [6.45, 7) is 5.68. The normalized spacial score (nSPS) is 18.1. The minimum absolute atomic E-state index is 0.192. The van der Waals surface area contributed by atoms with Gasteiger partial charge in [-0.15, -0.1) is 0 Å². The second-order valence-electron chi connectivity index (χ2n) is 7.45. The van der Waals surface area contributed by atoms with Gasteiger partial charge in [-0.05, 0) is 24.5 Å². The van der Waals surface area contributed by atoms with Crippen molar-refractivity contribution in [1.29, 1.82) is 0 Å². The van der Waals surface area contributed by atoms with Crippen LogP contribution < -0.4 is 4.90 Å². The van der Waals surface area contributed by atoms with Gasteiger partial charge in [-0.1, -0.05) is 56.3 Å². The number of Topliss-reactive ketones (excluding diaryl/α,β-unsaturated/α-hetero) is 1. The van der Waals surface area contributed by atoms with E-state index in [-0.39, 0.29) is 18.9 Å². The van der Waals surface area contributed by atoms with Crippen molar-refractivity contribution >= 4 is 23.3 Å². The van der Waals surface area contributed by atoms with E-state index in [0.717, 1.165) is 5.56 Å². The fourth-order valence-electron chi connectivity index (χ4n) is 3.56. The van der Waals surface area contributed by atoms with Crippen LogP contribution in [0.25, 0.3) is 0 Å². The number of fused-ring (bicyclic) bond motifs is 1. The molecule has 29 heavy (non-hydrogen) atoms. The number of hydrogen-bond acceptors (Lipinski definition) is 5. The smallest absolute Gasteiger partial charge is 0.326 e. The number of anilines is 1. The molecule has 1 aliphatic rings. The van der Waals surface area contributed by atoms with E-state index in [2.05, 4.69) is 13.8 Å². The predicted molar refractivity (Wildman–Crippen MR) is 109 cm³/mol. The molecule has 6 heteroatoms. The zero-order valence-corrected chi connectivity index (χ0v) is 16.8. The lowest BCUT2D eigenvalue weighted by Gasteiger charge is -2.22. The van der Waals surface area contributed by atoms with Crippen LogP contribution in [-0.4, -0.2) is 35.9 Å². The molecule has 2 aromatic rings. The molecular weight excluding hydrogens is 370 g/mol. The van der Waals surface area contributed by atoms with Gasteiger partial charge in [-0.2, -0.15) is 0 Å². The minimum Gasteiger partial charge on any atom is -0.465 e. The van der Waals surface area contributed by atoms with E-state index in [9.17, 15) is 19.5 Å². The molecule has 0 bridgehead atoms. The first kappa shape index (κ1) is 20.7. The van der Waals surface area contributed by atoms with Crippen molar-refractivity contribution in [2.45, 2.75) is 38.7 Å². The van der Waals surface area contributed by atoms with Crippen LogP contribution in [-0.2, 0) is 19.9 Å². The van der Waals surface area contributed by atoms with Gasteiger partial charge in [0.25, 0.3) is 5.91 Å². The largest absolute Gasteiger partial charge is 0.465 e. The summed E-state index contributed by atoms with van der Waals surface area (Å²) in [4.78, 5) is 39.0. The van der Waals surface area contributed by atoms with Crippen LogP contribution in [0, 0.1) is 0 Å². The Morgan fingerprint density at radius 2 is 1.76 bits per heavy atom. The Morgan fingerprint density at radius 3 is 2.38 bits per heavy atom. The van der Waals surface area contributed by atoms with Gasteiger partial charge in [0.05, 0.1) is 18.7 Å². The molecule has 1 heterocycles. The highest BCUT2D eigenvalue weighted by molar-refractivity contribution is 6.12. The number of benzene rings is 2. The van der Waals surface area contributed by atoms with Crippen molar-refractivity contribution in [3.8, 4) is 0 Å². The van der Waals surface area contributed by atoms with Gasteiger partial charge in [-0.3, -0.25) is 19.3 Å². The van der Waals surface area contributed by atoms with Crippen molar-refractivity contribution in [3.05, 3.63) is 65.2 Å². The highest BCUT2D eigenvalue weighted by Gasteiger charge is 2.51. The number of esters is 1. The molecule has 0 radical (unpaired) electrons. The van der Waals surface area contributed by atoms with E-state index < -0.39 is 23.9 Å². The Bertz CT molecular complexity index is 935. The standard InChI is InChI=1S/C23H25NO5/c1-4-29-21(26)14-24-19-8-6-5-7-18(19)23(28,22(24)27)13-20(25)17-11-9-16(10-12-17)15(2)3/h5-12,15,28H,4,13-14H2,1-3H3/t23-/m1/s1. The quantitative estimate of drug-likeness (QED) is 0.575. The van der Waals surface area contributed by atoms with Gasteiger partial charge in [0.2, 0.25) is 0 Å². The summed E-state index contributed by atoms with van der Waals surface area (Å²) >= 11 is 0. The lowest BCUT2D eigenvalue weighted by Crippen LogP contribution is -2.44. The highest BCUT2D eigenvalue weighted by atomic mass is 16.5. The minimum atomic E-state index is -2.02. The van der Waals surface area contributed by atoms with E-state index in [1.165, 1.54) is 4.90 Å². The average molecular weight is 395 g/mol. The molecule has 3 rings (SSSR count). The first-order chi connectivity index (χ1) is 13.8. The molecule has 0 aromatic heterocycles. The van der Waals surface area contributed by atoms with Gasteiger partial charge < -0.3 is 9.84 Å². The summed E-state index contributed by atoms with van der Waals surface area (Å²) in [6.07, 6.45) is -0.400. The van der Waals surface area contributed by atoms with Crippen molar-refractivity contribution < 1.29 is 24.2 Å². The molecule has 0 saturated heterocycles. The van der Waals surface area contributed by atoms with Crippen LogP contribution in [0.4, 0.5) is 5.69 Å². The lowest BCUT2D eigenvalue weighted by molar-refractivity contribution is -0.144. The SMILES string of the molecule is CCOC(=O)CN1C(=O)[C@@](O)(CC(=O)c2ccc(C(C)C)cc2)c2ccccc21. The summed E-state index contributed by atoms with van der Waals surface area (Å²) in [6, 6.07) is 13.8. The van der Waals surface area contributed by atoms with Gasteiger partial charge in [0.1, 0.15) is 6.54 Å². The molecule has 2 aromatic carbocycles. The number of hydrogen-bond donors (Lipinski definition) is 1. The Hall–Kier alpha value is -2.99. The number of nitrogens with zero attached hydrogens (tertiary/aromatic N) is 1. The fraction of sp³-hybridized carbons (Fsp3) is 0.348. The number of ketones is 1. The first-order valence-electron chi connectivity index (χ1n) is 9.70. The molecule has 1 amide bonds. The maximum Gasteiger partial charge on any atom is 0.326 e. The third-order valence-corrected chi connectivity index (χ3v) is 5.15. The second kappa shape index (κ2) is 8.17. The molecular formula is C23H25NO5. The molecule has 0 fully saturated rings. The topological polar surface area (TPSA) is 83.9 Å². The average Bonchev–Trinajstić information content (AvgIpc) is 2.90. The second-order valence-corrected chi connectivity index (χ2v) is 7.45. The number of rotatable bonds is 7. The van der Waals surface area contributed by atoms with Crippen LogP contribution >= 0.6 is 0 Å². The molecule has 0 spiro atoms. The van der Waals surface area contributed by atoms with Gasteiger partial charge in [0, 0.05) is 11.1 Å². The molecule has 152 valence electrons. The zero-order chi connectivity index (χ0) is 21.2. The Balaban J connectivity index is 1.88. The van der Waals surface area contributed by atoms with Gasteiger partial charge in [0.15, 0.2) is 11.4 Å². The van der Waals surface area contributed by atoms with Crippen molar-refractivity contribution in [2.75, 3.05) is 18.1 Å². The number of carbonyl (C=O) groups excluding carboxylic acids is 3. The maximum atomic E-state index is 13.1. The third kappa shape index (κ3) is 3.93. The van der Waals surface area contributed by atoms with Crippen LogP contribution in [0.1, 0.15) is 54.6 Å². The number of carbonyl (C=O) groups is 3. The highest BCUT2D eigenvalue weighted by Crippen LogP contribution is 2.42. The van der Waals surface area contributed by atoms with Gasteiger partial charge in [-0.25, -0.2) is 0 Å².